The summed E-state index contributed by atoms with van der Waals surface area (Å²) in [6, 6.07) is 15.0. The van der Waals surface area contributed by atoms with Crippen LogP contribution in [0.3, 0.4) is 0 Å². The molecule has 0 aliphatic carbocycles. The average molecular weight is 484 g/mol. The molecule has 9 heteroatoms. The highest BCUT2D eigenvalue weighted by molar-refractivity contribution is 5.92. The van der Waals surface area contributed by atoms with Gasteiger partial charge in [0.1, 0.15) is 23.6 Å². The van der Waals surface area contributed by atoms with E-state index < -0.39 is 5.82 Å². The van der Waals surface area contributed by atoms with E-state index in [4.69, 9.17) is 4.52 Å². The van der Waals surface area contributed by atoms with E-state index in [1.54, 1.807) is 22.8 Å². The lowest BCUT2D eigenvalue weighted by atomic mass is 10.1. The number of amides is 1. The molecule has 0 aliphatic rings. The van der Waals surface area contributed by atoms with Gasteiger partial charge < -0.3 is 14.4 Å². The molecule has 3 aromatic heterocycles. The van der Waals surface area contributed by atoms with Crippen molar-refractivity contribution in [3.63, 3.8) is 0 Å². The van der Waals surface area contributed by atoms with Gasteiger partial charge in [0.15, 0.2) is 0 Å². The topological polar surface area (TPSA) is 103 Å². The van der Waals surface area contributed by atoms with E-state index in [-0.39, 0.29) is 35.2 Å². The molecule has 1 amide bonds. The Kier molecular flexibility index (Phi) is 5.89. The van der Waals surface area contributed by atoms with Gasteiger partial charge in [-0.1, -0.05) is 29.4 Å². The largest absolute Gasteiger partial charge is 0.333 e. The van der Waals surface area contributed by atoms with Gasteiger partial charge in [-0.3, -0.25) is 9.59 Å². The number of halogens is 1. The fraction of sp³-hybridized carbons (Fsp3) is 0.148. The van der Waals surface area contributed by atoms with Crippen molar-refractivity contribution in [2.24, 2.45) is 0 Å². The summed E-state index contributed by atoms with van der Waals surface area (Å²) in [6.45, 7) is 5.57. The molecule has 0 bridgehead atoms. The van der Waals surface area contributed by atoms with Crippen LogP contribution in [0.25, 0.3) is 33.9 Å². The lowest BCUT2D eigenvalue weighted by Gasteiger charge is -2.13. The van der Waals surface area contributed by atoms with Crippen LogP contribution < -0.4 is 10.7 Å². The number of hydrogen-bond donors (Lipinski definition) is 1. The minimum atomic E-state index is -0.441. The first-order valence-electron chi connectivity index (χ1n) is 11.3. The van der Waals surface area contributed by atoms with E-state index in [1.165, 1.54) is 24.4 Å². The number of rotatable bonds is 5. The average Bonchev–Trinajstić information content (AvgIpc) is 3.33. The third kappa shape index (κ3) is 4.50. The Morgan fingerprint density at radius 1 is 1.06 bits per heavy atom. The molecular formula is C27H22FN5O3. The van der Waals surface area contributed by atoms with Crippen molar-refractivity contribution in [1.29, 1.82) is 0 Å². The molecule has 5 aromatic rings. The number of aromatic nitrogens is 4. The smallest absolute Gasteiger partial charge is 0.263 e. The zero-order chi connectivity index (χ0) is 25.4. The van der Waals surface area contributed by atoms with Crippen molar-refractivity contribution in [2.75, 3.05) is 5.32 Å². The number of nitrogens with one attached hydrogen (secondary N) is 1. The summed E-state index contributed by atoms with van der Waals surface area (Å²) in [5, 5.41) is 7.15. The molecular weight excluding hydrogens is 461 g/mol. The van der Waals surface area contributed by atoms with E-state index in [9.17, 15) is 14.0 Å². The summed E-state index contributed by atoms with van der Waals surface area (Å²) in [4.78, 5) is 35.1. The molecule has 5 rings (SSSR count). The Morgan fingerprint density at radius 2 is 1.89 bits per heavy atom. The normalized spacial score (nSPS) is 11.1. The van der Waals surface area contributed by atoms with Crippen LogP contribution in [0.5, 0.6) is 0 Å². The second kappa shape index (κ2) is 9.18. The fourth-order valence-corrected chi connectivity index (χ4v) is 3.93. The second-order valence-electron chi connectivity index (χ2n) is 8.62. The van der Waals surface area contributed by atoms with Gasteiger partial charge in [0.05, 0.1) is 5.39 Å². The van der Waals surface area contributed by atoms with Gasteiger partial charge in [0, 0.05) is 23.1 Å². The van der Waals surface area contributed by atoms with E-state index in [1.807, 2.05) is 39.0 Å². The number of aryl methyl sites for hydroxylation is 3. The Bertz CT molecular complexity index is 1690. The van der Waals surface area contributed by atoms with Crippen LogP contribution in [0.2, 0.25) is 0 Å². The maximum atomic E-state index is 13.6. The molecule has 8 nitrogen and oxygen atoms in total. The SMILES string of the molecule is Cc1ccc(C)c(NC(=O)Cn2cc(-c3nc(-c4cccc(F)c4)no3)c(=O)c3ccc(C)nc32)c1. The molecule has 0 atom stereocenters. The number of carbonyl (C=O) groups excluding carboxylic acids is 1. The molecule has 36 heavy (non-hydrogen) atoms. The van der Waals surface area contributed by atoms with Crippen molar-refractivity contribution in [3.8, 4) is 22.8 Å². The second-order valence-corrected chi connectivity index (χ2v) is 8.62. The van der Waals surface area contributed by atoms with Crippen LogP contribution >= 0.6 is 0 Å². The summed E-state index contributed by atoms with van der Waals surface area (Å²) in [5.41, 5.74) is 3.90. The maximum Gasteiger partial charge on any atom is 0.263 e. The van der Waals surface area contributed by atoms with Crippen LogP contribution in [0.4, 0.5) is 10.1 Å². The number of nitrogens with zero attached hydrogens (tertiary/aromatic N) is 4. The summed E-state index contributed by atoms with van der Waals surface area (Å²) >= 11 is 0. The first kappa shape index (κ1) is 23.1. The monoisotopic (exact) mass is 483 g/mol. The van der Waals surface area contributed by atoms with Gasteiger partial charge >= 0.3 is 0 Å². The predicted molar refractivity (Wildman–Crippen MR) is 134 cm³/mol. The van der Waals surface area contributed by atoms with Crippen molar-refractivity contribution < 1.29 is 13.7 Å². The Hall–Kier alpha value is -4.66. The van der Waals surface area contributed by atoms with E-state index in [0.717, 1.165) is 11.1 Å². The van der Waals surface area contributed by atoms with Crippen molar-refractivity contribution in [1.82, 2.24) is 19.7 Å². The van der Waals surface area contributed by atoms with Crippen LogP contribution in [-0.2, 0) is 11.3 Å². The zero-order valence-corrected chi connectivity index (χ0v) is 19.9. The van der Waals surface area contributed by atoms with Gasteiger partial charge in [-0.05, 0) is 62.2 Å². The number of pyridine rings is 2. The molecule has 180 valence electrons. The molecule has 0 aliphatic heterocycles. The molecule has 0 unspecified atom stereocenters. The van der Waals surface area contributed by atoms with E-state index >= 15 is 0 Å². The van der Waals surface area contributed by atoms with Gasteiger partial charge in [0.2, 0.25) is 17.2 Å². The molecule has 1 N–H and O–H groups in total. The first-order chi connectivity index (χ1) is 17.3. The highest BCUT2D eigenvalue weighted by Gasteiger charge is 2.19. The number of fused-ring (bicyclic) bond motifs is 1. The predicted octanol–water partition coefficient (Wildman–Crippen LogP) is 4.82. The van der Waals surface area contributed by atoms with E-state index in [2.05, 4.69) is 20.4 Å². The highest BCUT2D eigenvalue weighted by Crippen LogP contribution is 2.23. The maximum absolute atomic E-state index is 13.6. The van der Waals surface area contributed by atoms with Crippen molar-refractivity contribution in [3.05, 3.63) is 93.7 Å². The van der Waals surface area contributed by atoms with Gasteiger partial charge in [0.25, 0.3) is 5.89 Å². The number of hydrogen-bond acceptors (Lipinski definition) is 6. The van der Waals surface area contributed by atoms with Gasteiger partial charge in [-0.15, -0.1) is 0 Å². The van der Waals surface area contributed by atoms with E-state index in [0.29, 0.717) is 28.0 Å². The molecule has 0 saturated carbocycles. The molecule has 3 heterocycles. The minimum Gasteiger partial charge on any atom is -0.333 e. The Morgan fingerprint density at radius 3 is 2.69 bits per heavy atom. The van der Waals surface area contributed by atoms with Crippen LogP contribution in [0, 0.1) is 26.6 Å². The number of anilines is 1. The summed E-state index contributed by atoms with van der Waals surface area (Å²) < 4.78 is 20.6. The molecule has 0 radical (unpaired) electrons. The van der Waals surface area contributed by atoms with Crippen molar-refractivity contribution >= 4 is 22.6 Å². The van der Waals surface area contributed by atoms with Crippen LogP contribution in [0.15, 0.2) is 70.1 Å². The number of benzene rings is 2. The van der Waals surface area contributed by atoms with Gasteiger partial charge in [-0.25, -0.2) is 9.37 Å². The quantitative estimate of drug-likeness (QED) is 0.385. The fourth-order valence-electron chi connectivity index (χ4n) is 3.93. The van der Waals surface area contributed by atoms with Crippen LogP contribution in [0.1, 0.15) is 16.8 Å². The zero-order valence-electron chi connectivity index (χ0n) is 19.9. The summed E-state index contributed by atoms with van der Waals surface area (Å²) in [5.74, 6) is -0.618. The molecule has 2 aromatic carbocycles. The highest BCUT2D eigenvalue weighted by atomic mass is 19.1. The molecule has 0 spiro atoms. The Balaban J connectivity index is 1.56. The lowest BCUT2D eigenvalue weighted by Crippen LogP contribution is -2.22. The standard InChI is InChI=1S/C27H22FN5O3/c1-15-7-8-16(2)22(11-15)30-23(34)14-33-13-21(24(35)20-10-9-17(3)29-26(20)33)27-31-25(32-36-27)18-5-4-6-19(28)12-18/h4-13H,14H2,1-3H3,(H,30,34). The summed E-state index contributed by atoms with van der Waals surface area (Å²) in [6.07, 6.45) is 1.49. The lowest BCUT2D eigenvalue weighted by molar-refractivity contribution is -0.116. The molecule has 0 fully saturated rings. The minimum absolute atomic E-state index is 0.0366. The van der Waals surface area contributed by atoms with Crippen molar-refractivity contribution in [2.45, 2.75) is 27.3 Å². The first-order valence-corrected chi connectivity index (χ1v) is 11.3. The number of carbonyl (C=O) groups is 1. The Labute approximate surface area is 205 Å². The van der Waals surface area contributed by atoms with Crippen LogP contribution in [-0.4, -0.2) is 25.6 Å². The third-order valence-corrected chi connectivity index (χ3v) is 5.78. The van der Waals surface area contributed by atoms with Gasteiger partial charge in [-0.2, -0.15) is 4.98 Å². The summed E-state index contributed by atoms with van der Waals surface area (Å²) in [7, 11) is 0. The molecule has 0 saturated heterocycles. The third-order valence-electron chi connectivity index (χ3n) is 5.78.